The predicted octanol–water partition coefficient (Wildman–Crippen LogP) is 0.450. The first-order chi connectivity index (χ1) is 8.91. The van der Waals surface area contributed by atoms with Gasteiger partial charge in [-0.15, -0.1) is 0 Å². The Morgan fingerprint density at radius 3 is 1.95 bits per heavy atom. The van der Waals surface area contributed by atoms with Crippen molar-refractivity contribution in [3.05, 3.63) is 0 Å². The maximum Gasteiger partial charge on any atom is 0.472 e. The highest BCUT2D eigenvalue weighted by molar-refractivity contribution is 7.52. The zero-order chi connectivity index (χ0) is 16.0. The summed E-state index contributed by atoms with van der Waals surface area (Å²) >= 11 is 0. The molecule has 0 spiro atoms. The molecule has 122 valence electrons. The second-order valence-corrected chi connectivity index (χ2v) is 8.34. The summed E-state index contributed by atoms with van der Waals surface area (Å²) in [5, 5.41) is 0. The van der Waals surface area contributed by atoms with Crippen molar-refractivity contribution in [3.63, 3.8) is 0 Å². The number of rotatable bonds is 10. The molecule has 0 aromatic heterocycles. The molecule has 0 heterocycles. The summed E-state index contributed by atoms with van der Waals surface area (Å²) in [7, 11) is -11.3. The van der Waals surface area contributed by atoms with Gasteiger partial charge >= 0.3 is 23.2 Å². The molecule has 11 nitrogen and oxygen atoms in total. The quantitative estimate of drug-likeness (QED) is 0.400. The Kier molecular flexibility index (Phi) is 8.27. The van der Waals surface area contributed by atoms with Crippen molar-refractivity contribution in [1.29, 1.82) is 0 Å². The van der Waals surface area contributed by atoms with Crippen LogP contribution < -0.4 is 0 Å². The Hall–Kier alpha value is 0.370. The van der Waals surface area contributed by atoms with E-state index >= 15 is 0 Å². The van der Waals surface area contributed by atoms with E-state index in [1.165, 1.54) is 0 Å². The topological polar surface area (TPSA) is 169 Å². The van der Waals surface area contributed by atoms with Crippen LogP contribution in [0.3, 0.4) is 0 Å². The molecule has 0 bridgehead atoms. The highest BCUT2D eigenvalue weighted by Gasteiger charge is 2.29. The summed E-state index contributed by atoms with van der Waals surface area (Å²) in [6.07, 6.45) is -2.24. The van der Waals surface area contributed by atoms with Gasteiger partial charge in [0.1, 0.15) is 0 Å². The van der Waals surface area contributed by atoms with Crippen LogP contribution in [0.4, 0.5) is 0 Å². The molecule has 14 heteroatoms. The van der Waals surface area contributed by atoms with E-state index in [4.69, 9.17) is 19.6 Å². The smallest absolute Gasteiger partial charge is 0.324 e. The van der Waals surface area contributed by atoms with Crippen molar-refractivity contribution in [2.45, 2.75) is 12.5 Å². The molecule has 3 unspecified atom stereocenters. The van der Waals surface area contributed by atoms with Crippen LogP contribution in [0.5, 0.6) is 0 Å². The monoisotopic (exact) mass is 358 g/mol. The van der Waals surface area contributed by atoms with E-state index in [9.17, 15) is 13.7 Å². The highest BCUT2D eigenvalue weighted by Crippen LogP contribution is 2.46. The minimum Gasteiger partial charge on any atom is -0.324 e. The molecule has 4 N–H and O–H groups in total. The molecule has 0 aromatic carbocycles. The SMILES string of the molecule is COP(=O)(O)CCC(COP(=O)(O)OC)OP(=O)(O)O. The van der Waals surface area contributed by atoms with E-state index in [1.54, 1.807) is 0 Å². The number of hydrogen-bond donors (Lipinski definition) is 4. The zero-order valence-electron chi connectivity index (χ0n) is 10.7. The van der Waals surface area contributed by atoms with Gasteiger partial charge in [0.25, 0.3) is 0 Å². The standard InChI is InChI=1S/C6H17O11P3/c1-14-18(7,8)4-3-6(17-19(9,10)11)5-16-20(12,13)15-2/h6H,3-5H2,1-2H3,(H,7,8)(H,12,13)(H2,9,10,11). The van der Waals surface area contributed by atoms with Crippen LogP contribution in [0.15, 0.2) is 0 Å². The second kappa shape index (κ2) is 8.12. The van der Waals surface area contributed by atoms with Crippen molar-refractivity contribution in [1.82, 2.24) is 0 Å². The molecule has 0 aromatic rings. The Balaban J connectivity index is 4.62. The van der Waals surface area contributed by atoms with Crippen molar-refractivity contribution in [2.24, 2.45) is 0 Å². The summed E-state index contributed by atoms with van der Waals surface area (Å²) in [5.41, 5.74) is 0. The molecule has 0 aliphatic heterocycles. The lowest BCUT2D eigenvalue weighted by Crippen LogP contribution is -2.20. The van der Waals surface area contributed by atoms with Gasteiger partial charge in [0.2, 0.25) is 0 Å². The molecule has 0 fully saturated rings. The van der Waals surface area contributed by atoms with Crippen molar-refractivity contribution < 1.29 is 51.4 Å². The van der Waals surface area contributed by atoms with E-state index in [1.807, 2.05) is 0 Å². The van der Waals surface area contributed by atoms with Crippen LogP contribution in [0.1, 0.15) is 6.42 Å². The average Bonchev–Trinajstić information content (AvgIpc) is 2.31. The molecule has 20 heavy (non-hydrogen) atoms. The van der Waals surface area contributed by atoms with Gasteiger partial charge in [0, 0.05) is 14.2 Å². The van der Waals surface area contributed by atoms with Crippen LogP contribution in [0, 0.1) is 0 Å². The van der Waals surface area contributed by atoms with Gasteiger partial charge in [0.05, 0.1) is 18.9 Å². The van der Waals surface area contributed by atoms with E-state index in [2.05, 4.69) is 18.1 Å². The highest BCUT2D eigenvalue weighted by atomic mass is 31.2. The van der Waals surface area contributed by atoms with Gasteiger partial charge in [-0.3, -0.25) is 18.1 Å². The number of hydrogen-bond acceptors (Lipinski definition) is 7. The fourth-order valence-electron chi connectivity index (χ4n) is 0.989. The first-order valence-corrected chi connectivity index (χ1v) is 9.84. The van der Waals surface area contributed by atoms with Crippen molar-refractivity contribution in [3.8, 4) is 0 Å². The molecule has 0 saturated carbocycles. The number of phosphoric ester groups is 2. The third-order valence-corrected chi connectivity index (χ3v) is 4.86. The lowest BCUT2D eigenvalue weighted by molar-refractivity contribution is 0.0671. The van der Waals surface area contributed by atoms with E-state index in [-0.39, 0.29) is 6.42 Å². The summed E-state index contributed by atoms with van der Waals surface area (Å²) < 4.78 is 50.0. The Morgan fingerprint density at radius 2 is 1.55 bits per heavy atom. The van der Waals surface area contributed by atoms with Gasteiger partial charge in [-0.1, -0.05) is 0 Å². The molecular formula is C6H17O11P3. The summed E-state index contributed by atoms with van der Waals surface area (Å²) in [6.45, 7) is -0.726. The Bertz CT molecular complexity index is 402. The van der Waals surface area contributed by atoms with Crippen molar-refractivity contribution >= 4 is 23.2 Å². The normalized spacial score (nSPS) is 20.1. The Labute approximate surface area is 115 Å². The first-order valence-electron chi connectivity index (χ1n) is 5.05. The molecule has 0 aliphatic carbocycles. The van der Waals surface area contributed by atoms with Gasteiger partial charge in [-0.05, 0) is 6.42 Å². The maximum atomic E-state index is 11.2. The van der Waals surface area contributed by atoms with Crippen molar-refractivity contribution in [2.75, 3.05) is 27.0 Å². The molecule has 0 radical (unpaired) electrons. The maximum absolute atomic E-state index is 11.2. The largest absolute Gasteiger partial charge is 0.472 e. The molecule has 0 amide bonds. The van der Waals surface area contributed by atoms with Gasteiger partial charge < -0.3 is 24.1 Å². The fourth-order valence-corrected chi connectivity index (χ4v) is 2.80. The fraction of sp³-hybridized carbons (Fsp3) is 1.00. The second-order valence-electron chi connectivity index (χ2n) is 3.50. The molecular weight excluding hydrogens is 341 g/mol. The van der Waals surface area contributed by atoms with Crippen LogP contribution in [0.25, 0.3) is 0 Å². The molecule has 0 rings (SSSR count). The van der Waals surface area contributed by atoms with Crippen LogP contribution in [0.2, 0.25) is 0 Å². The van der Waals surface area contributed by atoms with E-state index < -0.39 is 42.1 Å². The molecule has 3 atom stereocenters. The number of phosphoric acid groups is 2. The van der Waals surface area contributed by atoms with Gasteiger partial charge in [-0.25, -0.2) is 9.13 Å². The Morgan fingerprint density at radius 1 is 1.00 bits per heavy atom. The summed E-state index contributed by atoms with van der Waals surface area (Å²) in [4.78, 5) is 35.5. The summed E-state index contributed by atoms with van der Waals surface area (Å²) in [6, 6.07) is 0. The lowest BCUT2D eigenvalue weighted by atomic mass is 10.3. The predicted molar refractivity (Wildman–Crippen MR) is 66.0 cm³/mol. The van der Waals surface area contributed by atoms with Crippen LogP contribution in [-0.2, 0) is 31.8 Å². The van der Waals surface area contributed by atoms with Gasteiger partial charge in [-0.2, -0.15) is 0 Å². The minimum absolute atomic E-state index is 0.351. The first kappa shape index (κ1) is 20.4. The average molecular weight is 358 g/mol. The van der Waals surface area contributed by atoms with Crippen LogP contribution >= 0.6 is 23.2 Å². The lowest BCUT2D eigenvalue weighted by Gasteiger charge is -2.20. The van der Waals surface area contributed by atoms with Gasteiger partial charge in [0.15, 0.2) is 0 Å². The third-order valence-electron chi connectivity index (χ3n) is 1.96. The van der Waals surface area contributed by atoms with Crippen LogP contribution in [-0.4, -0.2) is 52.7 Å². The van der Waals surface area contributed by atoms with E-state index in [0.29, 0.717) is 0 Å². The zero-order valence-corrected chi connectivity index (χ0v) is 13.4. The summed E-state index contributed by atoms with van der Waals surface area (Å²) in [5.74, 6) is 0. The molecule has 0 aliphatic rings. The molecule has 0 saturated heterocycles. The minimum atomic E-state index is -4.91. The third kappa shape index (κ3) is 10.1. The van der Waals surface area contributed by atoms with E-state index in [0.717, 1.165) is 14.2 Å².